The van der Waals surface area contributed by atoms with E-state index < -0.39 is 6.04 Å². The van der Waals surface area contributed by atoms with Gasteiger partial charge in [0, 0.05) is 6.04 Å². The first kappa shape index (κ1) is 15.7. The first-order chi connectivity index (χ1) is 8.99. The molecule has 0 bridgehead atoms. The maximum absolute atomic E-state index is 12.0. The number of rotatable bonds is 7. The quantitative estimate of drug-likeness (QED) is 0.772. The van der Waals surface area contributed by atoms with E-state index >= 15 is 0 Å². The van der Waals surface area contributed by atoms with Crippen LogP contribution in [0.15, 0.2) is 30.3 Å². The number of carbonyl (C=O) groups is 1. The molecule has 1 unspecified atom stereocenters. The molecule has 0 saturated heterocycles. The summed E-state index contributed by atoms with van der Waals surface area (Å²) >= 11 is 0. The lowest BCUT2D eigenvalue weighted by atomic mass is 10.1. The highest BCUT2D eigenvalue weighted by molar-refractivity contribution is 5.82. The summed E-state index contributed by atoms with van der Waals surface area (Å²) in [5, 5.41) is 2.96. The fraction of sp³-hybridized carbons (Fsp3) is 0.533. The Hall–Kier alpha value is -1.39. The molecule has 0 radical (unpaired) electrons. The number of benzene rings is 1. The predicted octanol–water partition coefficient (Wildman–Crippen LogP) is 1.01. The Labute approximate surface area is 116 Å². The Bertz CT molecular complexity index is 378. The zero-order valence-corrected chi connectivity index (χ0v) is 12.1. The molecule has 106 valence electrons. The summed E-state index contributed by atoms with van der Waals surface area (Å²) < 4.78 is 0. The van der Waals surface area contributed by atoms with Gasteiger partial charge in [0.1, 0.15) is 0 Å². The van der Waals surface area contributed by atoms with Gasteiger partial charge in [-0.2, -0.15) is 0 Å². The Morgan fingerprint density at radius 1 is 1.32 bits per heavy atom. The van der Waals surface area contributed by atoms with Gasteiger partial charge < -0.3 is 16.0 Å². The molecule has 0 saturated carbocycles. The molecule has 1 rings (SSSR count). The Morgan fingerprint density at radius 2 is 1.95 bits per heavy atom. The summed E-state index contributed by atoms with van der Waals surface area (Å²) in [5.41, 5.74) is 7.02. The third kappa shape index (κ3) is 6.36. The van der Waals surface area contributed by atoms with Crippen LogP contribution < -0.4 is 11.1 Å². The summed E-state index contributed by atoms with van der Waals surface area (Å²) in [6, 6.07) is 9.52. The Morgan fingerprint density at radius 3 is 2.53 bits per heavy atom. The molecule has 0 aliphatic heterocycles. The van der Waals surface area contributed by atoms with E-state index in [1.807, 2.05) is 51.4 Å². The normalized spacial score (nSPS) is 14.2. The fourth-order valence-electron chi connectivity index (χ4n) is 1.83. The second-order valence-electron chi connectivity index (χ2n) is 5.30. The van der Waals surface area contributed by atoms with Crippen LogP contribution in [0.1, 0.15) is 18.9 Å². The average Bonchev–Trinajstić information content (AvgIpc) is 2.37. The van der Waals surface area contributed by atoms with Crippen LogP contribution in [-0.4, -0.2) is 43.5 Å². The van der Waals surface area contributed by atoms with E-state index in [0.717, 1.165) is 18.5 Å². The van der Waals surface area contributed by atoms with Crippen molar-refractivity contribution in [2.45, 2.75) is 31.8 Å². The number of hydrogen-bond acceptors (Lipinski definition) is 3. The van der Waals surface area contributed by atoms with Gasteiger partial charge in [-0.25, -0.2) is 0 Å². The number of nitrogens with zero attached hydrogens (tertiary/aromatic N) is 1. The van der Waals surface area contributed by atoms with Crippen molar-refractivity contribution >= 4 is 5.91 Å². The first-order valence-electron chi connectivity index (χ1n) is 6.73. The van der Waals surface area contributed by atoms with Crippen LogP contribution in [0.2, 0.25) is 0 Å². The number of carbonyl (C=O) groups excluding carboxylic acids is 1. The van der Waals surface area contributed by atoms with Crippen LogP contribution in [0.25, 0.3) is 0 Å². The zero-order chi connectivity index (χ0) is 14.3. The van der Waals surface area contributed by atoms with Crippen molar-refractivity contribution < 1.29 is 4.79 Å². The van der Waals surface area contributed by atoms with Crippen molar-refractivity contribution in [2.24, 2.45) is 5.73 Å². The summed E-state index contributed by atoms with van der Waals surface area (Å²) in [5.74, 6) is -0.0740. The lowest BCUT2D eigenvalue weighted by Gasteiger charge is -2.19. The van der Waals surface area contributed by atoms with Gasteiger partial charge in [0.25, 0.3) is 0 Å². The number of nitrogens with one attached hydrogen (secondary N) is 1. The van der Waals surface area contributed by atoms with Gasteiger partial charge in [-0.3, -0.25) is 4.79 Å². The summed E-state index contributed by atoms with van der Waals surface area (Å²) in [6.45, 7) is 2.96. The number of nitrogens with two attached hydrogens (primary N) is 1. The van der Waals surface area contributed by atoms with E-state index in [9.17, 15) is 4.79 Å². The smallest absolute Gasteiger partial charge is 0.237 e. The van der Waals surface area contributed by atoms with Crippen molar-refractivity contribution in [3.63, 3.8) is 0 Å². The monoisotopic (exact) mass is 263 g/mol. The molecule has 2 atom stereocenters. The molecule has 0 aliphatic rings. The molecule has 19 heavy (non-hydrogen) atoms. The fourth-order valence-corrected chi connectivity index (χ4v) is 1.83. The van der Waals surface area contributed by atoms with E-state index in [0.29, 0.717) is 6.42 Å². The highest BCUT2D eigenvalue weighted by Gasteiger charge is 2.16. The minimum absolute atomic E-state index is 0.0740. The SMILES string of the molecule is CC(CCN(C)C)NC(=O)[C@H](N)Cc1ccccc1. The van der Waals surface area contributed by atoms with E-state index in [4.69, 9.17) is 5.73 Å². The van der Waals surface area contributed by atoms with Gasteiger partial charge in [0.05, 0.1) is 6.04 Å². The van der Waals surface area contributed by atoms with Crippen LogP contribution in [0.5, 0.6) is 0 Å². The van der Waals surface area contributed by atoms with E-state index in [-0.39, 0.29) is 11.9 Å². The third-order valence-electron chi connectivity index (χ3n) is 3.03. The average molecular weight is 263 g/mol. The van der Waals surface area contributed by atoms with Gasteiger partial charge in [-0.1, -0.05) is 30.3 Å². The largest absolute Gasteiger partial charge is 0.352 e. The van der Waals surface area contributed by atoms with Crippen molar-refractivity contribution in [3.8, 4) is 0 Å². The topological polar surface area (TPSA) is 58.4 Å². The standard InChI is InChI=1S/C15H25N3O/c1-12(9-10-18(2)3)17-15(19)14(16)11-13-7-5-4-6-8-13/h4-8,12,14H,9-11,16H2,1-3H3,(H,17,19)/t12?,14-/m1/s1. The predicted molar refractivity (Wildman–Crippen MR) is 78.9 cm³/mol. The molecule has 0 aliphatic carbocycles. The molecular weight excluding hydrogens is 238 g/mol. The van der Waals surface area contributed by atoms with Crippen LogP contribution in [-0.2, 0) is 11.2 Å². The second kappa shape index (κ2) is 7.92. The first-order valence-corrected chi connectivity index (χ1v) is 6.73. The molecule has 0 fully saturated rings. The van der Waals surface area contributed by atoms with Gasteiger partial charge in [-0.15, -0.1) is 0 Å². The minimum atomic E-state index is -0.482. The van der Waals surface area contributed by atoms with Gasteiger partial charge in [0.15, 0.2) is 0 Å². The second-order valence-corrected chi connectivity index (χ2v) is 5.30. The van der Waals surface area contributed by atoms with Crippen LogP contribution in [0, 0.1) is 0 Å². The Kier molecular flexibility index (Phi) is 6.53. The van der Waals surface area contributed by atoms with E-state index in [2.05, 4.69) is 10.2 Å². The highest BCUT2D eigenvalue weighted by atomic mass is 16.2. The number of amides is 1. The van der Waals surface area contributed by atoms with Gasteiger partial charge >= 0.3 is 0 Å². The molecule has 4 heteroatoms. The minimum Gasteiger partial charge on any atom is -0.352 e. The van der Waals surface area contributed by atoms with Crippen molar-refractivity contribution in [1.82, 2.24) is 10.2 Å². The summed E-state index contributed by atoms with van der Waals surface area (Å²) in [6.07, 6.45) is 1.50. The Balaban J connectivity index is 2.36. The van der Waals surface area contributed by atoms with Crippen molar-refractivity contribution in [2.75, 3.05) is 20.6 Å². The molecule has 3 N–H and O–H groups in total. The maximum Gasteiger partial charge on any atom is 0.237 e. The van der Waals surface area contributed by atoms with Crippen LogP contribution in [0.3, 0.4) is 0 Å². The van der Waals surface area contributed by atoms with Gasteiger partial charge in [0.2, 0.25) is 5.91 Å². The van der Waals surface area contributed by atoms with E-state index in [1.54, 1.807) is 0 Å². The maximum atomic E-state index is 12.0. The van der Waals surface area contributed by atoms with Crippen LogP contribution in [0.4, 0.5) is 0 Å². The highest BCUT2D eigenvalue weighted by Crippen LogP contribution is 2.02. The lowest BCUT2D eigenvalue weighted by molar-refractivity contribution is -0.123. The van der Waals surface area contributed by atoms with E-state index in [1.165, 1.54) is 0 Å². The molecule has 1 amide bonds. The summed E-state index contributed by atoms with van der Waals surface area (Å²) in [7, 11) is 4.05. The number of hydrogen-bond donors (Lipinski definition) is 2. The summed E-state index contributed by atoms with van der Waals surface area (Å²) in [4.78, 5) is 14.1. The zero-order valence-electron chi connectivity index (χ0n) is 12.1. The molecule has 0 heterocycles. The van der Waals surface area contributed by atoms with Crippen molar-refractivity contribution in [3.05, 3.63) is 35.9 Å². The molecule has 4 nitrogen and oxygen atoms in total. The lowest BCUT2D eigenvalue weighted by Crippen LogP contribution is -2.46. The molecule has 1 aromatic carbocycles. The third-order valence-corrected chi connectivity index (χ3v) is 3.03. The van der Waals surface area contributed by atoms with Gasteiger partial charge in [-0.05, 0) is 46.0 Å². The molecular formula is C15H25N3O. The van der Waals surface area contributed by atoms with Crippen molar-refractivity contribution in [1.29, 1.82) is 0 Å². The molecule has 1 aromatic rings. The molecule has 0 spiro atoms. The van der Waals surface area contributed by atoms with Crippen LogP contribution >= 0.6 is 0 Å². The molecule has 0 aromatic heterocycles.